The van der Waals surface area contributed by atoms with Crippen LogP contribution in [0, 0.1) is 10.1 Å². The predicted octanol–water partition coefficient (Wildman–Crippen LogP) is 2.60. The number of amides is 1. The van der Waals surface area contributed by atoms with Crippen LogP contribution in [0.1, 0.15) is 10.4 Å². The van der Waals surface area contributed by atoms with E-state index in [-0.39, 0.29) is 18.1 Å². The third-order valence-corrected chi connectivity index (χ3v) is 3.93. The molecular weight excluding hydrogens is 328 g/mol. The Labute approximate surface area is 135 Å². The molecule has 0 aliphatic heterocycles. The number of benzene rings is 1. The summed E-state index contributed by atoms with van der Waals surface area (Å²) in [5.74, 6) is -0.289. The molecule has 1 amide bonds. The van der Waals surface area contributed by atoms with Crippen molar-refractivity contribution >= 4 is 35.0 Å². The summed E-state index contributed by atoms with van der Waals surface area (Å²) in [5.41, 5.74) is 0.321. The van der Waals surface area contributed by atoms with Crippen LogP contribution < -0.4 is 5.32 Å². The van der Waals surface area contributed by atoms with Gasteiger partial charge in [0.2, 0.25) is 0 Å². The molecule has 7 nitrogen and oxygen atoms in total. The fraction of sp³-hybridized carbons (Fsp3) is 0.231. The van der Waals surface area contributed by atoms with E-state index in [1.807, 2.05) is 12.3 Å². The van der Waals surface area contributed by atoms with Crippen molar-refractivity contribution in [3.63, 3.8) is 0 Å². The second kappa shape index (κ2) is 7.28. The lowest BCUT2D eigenvalue weighted by atomic mass is 10.2. The first-order valence-electron chi connectivity index (χ1n) is 6.30. The third-order valence-electron chi connectivity index (χ3n) is 2.88. The van der Waals surface area contributed by atoms with Crippen molar-refractivity contribution in [2.75, 3.05) is 12.8 Å². The molecule has 0 bridgehead atoms. The Morgan fingerprint density at radius 3 is 2.95 bits per heavy atom. The number of hydrogen-bond donors (Lipinski definition) is 1. The molecule has 0 spiro atoms. The zero-order chi connectivity index (χ0) is 16.1. The summed E-state index contributed by atoms with van der Waals surface area (Å²) in [7, 11) is 0. The average Bonchev–Trinajstić information content (AvgIpc) is 2.96. The molecule has 2 rings (SSSR count). The summed E-state index contributed by atoms with van der Waals surface area (Å²) >= 11 is 7.54. The van der Waals surface area contributed by atoms with E-state index in [0.717, 1.165) is 4.90 Å². The Balaban J connectivity index is 1.93. The maximum absolute atomic E-state index is 12.1. The molecule has 22 heavy (non-hydrogen) atoms. The van der Waals surface area contributed by atoms with Gasteiger partial charge in [-0.25, -0.2) is 0 Å². The molecular formula is C13H13ClN4O3S. The zero-order valence-corrected chi connectivity index (χ0v) is 13.2. The number of aromatic nitrogens is 2. The minimum atomic E-state index is -0.518. The highest BCUT2D eigenvalue weighted by Crippen LogP contribution is 2.22. The van der Waals surface area contributed by atoms with Crippen LogP contribution >= 0.6 is 23.4 Å². The molecule has 116 valence electrons. The molecule has 9 heteroatoms. The Morgan fingerprint density at radius 1 is 1.55 bits per heavy atom. The maximum Gasteiger partial charge on any atom is 0.306 e. The van der Waals surface area contributed by atoms with Crippen molar-refractivity contribution in [1.29, 1.82) is 0 Å². The van der Waals surface area contributed by atoms with Crippen LogP contribution in [0.15, 0.2) is 35.5 Å². The lowest BCUT2D eigenvalue weighted by molar-refractivity contribution is -0.385. The van der Waals surface area contributed by atoms with Gasteiger partial charge in [-0.2, -0.15) is 5.10 Å². The van der Waals surface area contributed by atoms with Crippen LogP contribution in [-0.2, 0) is 6.54 Å². The summed E-state index contributed by atoms with van der Waals surface area (Å²) in [6.45, 7) is 0.622. The molecule has 1 aromatic carbocycles. The van der Waals surface area contributed by atoms with Crippen LogP contribution in [0.5, 0.6) is 0 Å². The molecule has 1 aromatic heterocycles. The van der Waals surface area contributed by atoms with E-state index >= 15 is 0 Å². The molecule has 0 aliphatic carbocycles. The van der Waals surface area contributed by atoms with Crippen LogP contribution in [0.3, 0.4) is 0 Å². The smallest absolute Gasteiger partial charge is 0.306 e. The van der Waals surface area contributed by atoms with E-state index in [9.17, 15) is 14.9 Å². The van der Waals surface area contributed by atoms with Gasteiger partial charge in [-0.3, -0.25) is 19.6 Å². The van der Waals surface area contributed by atoms with Gasteiger partial charge in [0.05, 0.1) is 22.1 Å². The first-order chi connectivity index (χ1) is 10.5. The number of hydrogen-bond acceptors (Lipinski definition) is 5. The monoisotopic (exact) mass is 340 g/mol. The number of carbonyl (C=O) groups is 1. The van der Waals surface area contributed by atoms with E-state index in [1.54, 1.807) is 12.1 Å². The first kappa shape index (κ1) is 16.3. The van der Waals surface area contributed by atoms with E-state index in [2.05, 4.69) is 10.4 Å². The third kappa shape index (κ3) is 3.99. The average molecular weight is 341 g/mol. The molecule has 1 N–H and O–H groups in total. The molecule has 0 saturated heterocycles. The van der Waals surface area contributed by atoms with Crippen molar-refractivity contribution in [2.45, 2.75) is 11.4 Å². The summed E-state index contributed by atoms with van der Waals surface area (Å²) in [6, 6.07) is 5.24. The molecule has 1 heterocycles. The summed E-state index contributed by atoms with van der Waals surface area (Å²) < 4.78 is 1.40. The lowest BCUT2D eigenvalue weighted by Gasteiger charge is -2.08. The fourth-order valence-electron chi connectivity index (χ4n) is 1.75. The summed E-state index contributed by atoms with van der Waals surface area (Å²) in [6.07, 6.45) is 4.39. The number of carbonyl (C=O) groups excluding carboxylic acids is 1. The first-order valence-corrected chi connectivity index (χ1v) is 7.90. The van der Waals surface area contributed by atoms with Crippen LogP contribution in [0.4, 0.5) is 5.69 Å². The van der Waals surface area contributed by atoms with Crippen molar-refractivity contribution < 1.29 is 9.72 Å². The Hall–Kier alpha value is -2.06. The van der Waals surface area contributed by atoms with Gasteiger partial charge in [-0.15, -0.1) is 11.8 Å². The molecule has 0 aliphatic rings. The van der Waals surface area contributed by atoms with Crippen LogP contribution in [0.2, 0.25) is 5.02 Å². The largest absolute Gasteiger partial charge is 0.350 e. The number of nitrogens with zero attached hydrogens (tertiary/aromatic N) is 3. The van der Waals surface area contributed by atoms with Crippen molar-refractivity contribution in [3.8, 4) is 0 Å². The minimum absolute atomic E-state index is 0.0814. The highest BCUT2D eigenvalue weighted by molar-refractivity contribution is 7.98. The van der Waals surface area contributed by atoms with Crippen molar-refractivity contribution in [3.05, 3.63) is 51.3 Å². The highest BCUT2D eigenvalue weighted by Gasteiger charge is 2.12. The van der Waals surface area contributed by atoms with Crippen LogP contribution in [0.25, 0.3) is 0 Å². The fourth-order valence-corrected chi connectivity index (χ4v) is 2.40. The van der Waals surface area contributed by atoms with E-state index in [4.69, 9.17) is 11.6 Å². The summed E-state index contributed by atoms with van der Waals surface area (Å²) in [4.78, 5) is 23.1. The zero-order valence-electron chi connectivity index (χ0n) is 11.7. The Bertz CT molecular complexity index is 704. The van der Waals surface area contributed by atoms with Gasteiger partial charge in [0.15, 0.2) is 0 Å². The second-order valence-corrected chi connectivity index (χ2v) is 5.61. The summed E-state index contributed by atoms with van der Waals surface area (Å²) in [5, 5.41) is 17.5. The lowest BCUT2D eigenvalue weighted by Crippen LogP contribution is -2.27. The number of rotatable bonds is 6. The molecule has 0 saturated carbocycles. The molecule has 0 atom stereocenters. The van der Waals surface area contributed by atoms with Crippen molar-refractivity contribution in [1.82, 2.24) is 15.1 Å². The van der Waals surface area contributed by atoms with Gasteiger partial charge >= 0.3 is 5.69 Å². The van der Waals surface area contributed by atoms with Gasteiger partial charge < -0.3 is 5.32 Å². The van der Waals surface area contributed by atoms with Gasteiger partial charge in [0.1, 0.15) is 12.4 Å². The Morgan fingerprint density at radius 2 is 2.32 bits per heavy atom. The minimum Gasteiger partial charge on any atom is -0.350 e. The molecule has 0 fully saturated rings. The maximum atomic E-state index is 12.1. The SMILES string of the molecule is CSc1ccc(Cl)c(C(=O)NCCn2cc([N+](=O)[O-])cn2)c1. The normalized spacial score (nSPS) is 10.5. The Kier molecular flexibility index (Phi) is 5.40. The van der Waals surface area contributed by atoms with Crippen LogP contribution in [-0.4, -0.2) is 33.4 Å². The number of nitro groups is 1. The van der Waals surface area contributed by atoms with Gasteiger partial charge in [0, 0.05) is 11.4 Å². The number of halogens is 1. The number of nitrogens with one attached hydrogen (secondary N) is 1. The van der Waals surface area contributed by atoms with E-state index in [1.165, 1.54) is 28.8 Å². The molecule has 0 radical (unpaired) electrons. The van der Waals surface area contributed by atoms with Gasteiger partial charge in [-0.1, -0.05) is 11.6 Å². The quantitative estimate of drug-likeness (QED) is 0.496. The molecule has 0 unspecified atom stereocenters. The van der Waals surface area contributed by atoms with Gasteiger partial charge in [-0.05, 0) is 24.5 Å². The number of thioether (sulfide) groups is 1. The topological polar surface area (TPSA) is 90.1 Å². The standard InChI is InChI=1S/C13H13ClN4O3S/c1-22-10-2-3-12(14)11(6-10)13(19)15-4-5-17-8-9(7-16-17)18(20)21/h2-3,6-8H,4-5H2,1H3,(H,15,19). The molecule has 2 aromatic rings. The van der Waals surface area contributed by atoms with E-state index in [0.29, 0.717) is 17.1 Å². The predicted molar refractivity (Wildman–Crippen MR) is 84.4 cm³/mol. The highest BCUT2D eigenvalue weighted by atomic mass is 35.5. The van der Waals surface area contributed by atoms with E-state index < -0.39 is 4.92 Å². The van der Waals surface area contributed by atoms with Gasteiger partial charge in [0.25, 0.3) is 5.91 Å². The second-order valence-electron chi connectivity index (χ2n) is 4.32. The van der Waals surface area contributed by atoms with Crippen molar-refractivity contribution in [2.24, 2.45) is 0 Å².